The van der Waals surface area contributed by atoms with Gasteiger partial charge in [0.1, 0.15) is 5.75 Å². The zero-order valence-corrected chi connectivity index (χ0v) is 32.1. The van der Waals surface area contributed by atoms with Gasteiger partial charge in [-0.15, -0.1) is 0 Å². The highest BCUT2D eigenvalue weighted by Crippen LogP contribution is 2.78. The summed E-state index contributed by atoms with van der Waals surface area (Å²) in [4.78, 5) is 31.1. The molecule has 6 aliphatic carbocycles. The van der Waals surface area contributed by atoms with Crippen molar-refractivity contribution >= 4 is 28.3 Å². The van der Waals surface area contributed by atoms with E-state index in [1.807, 2.05) is 72.8 Å². The number of hydrogen-bond acceptors (Lipinski definition) is 5. The second-order valence-corrected chi connectivity index (χ2v) is 17.7. The van der Waals surface area contributed by atoms with Crippen LogP contribution in [0.1, 0.15) is 74.7 Å². The van der Waals surface area contributed by atoms with Gasteiger partial charge in [-0.3, -0.25) is 4.79 Å². The summed E-state index contributed by atoms with van der Waals surface area (Å²) >= 11 is 0. The smallest absolute Gasteiger partial charge is 0.322 e. The van der Waals surface area contributed by atoms with E-state index in [1.165, 1.54) is 0 Å². The molecule has 284 valence electrons. The van der Waals surface area contributed by atoms with Crippen molar-refractivity contribution in [1.29, 1.82) is 0 Å². The first-order valence-electron chi connectivity index (χ1n) is 20.1. The highest BCUT2D eigenvalue weighted by atomic mass is 16.5. The van der Waals surface area contributed by atoms with Gasteiger partial charge < -0.3 is 25.2 Å². The number of carbonyl (C=O) groups is 2. The van der Waals surface area contributed by atoms with Gasteiger partial charge in [-0.25, -0.2) is 4.79 Å². The van der Waals surface area contributed by atoms with Crippen LogP contribution >= 0.6 is 0 Å². The molecule has 2 amide bonds. The van der Waals surface area contributed by atoms with Crippen LogP contribution in [0.5, 0.6) is 5.75 Å². The van der Waals surface area contributed by atoms with Crippen molar-refractivity contribution in [2.45, 2.75) is 77.0 Å². The van der Waals surface area contributed by atoms with Gasteiger partial charge in [0, 0.05) is 39.6 Å². The molecule has 0 aromatic heterocycles. The summed E-state index contributed by atoms with van der Waals surface area (Å²) < 4.78 is 5.35. The molecular weight excluding hydrogens is 685 g/mol. The Morgan fingerprint density at radius 2 is 1.51 bits per heavy atom. The molecule has 7 heteroatoms. The van der Waals surface area contributed by atoms with E-state index in [0.29, 0.717) is 36.4 Å². The number of hydrogen-bond donors (Lipinski definition) is 3. The second kappa shape index (κ2) is 12.9. The second-order valence-electron chi connectivity index (χ2n) is 17.7. The quantitative estimate of drug-likeness (QED) is 0.124. The predicted molar refractivity (Wildman–Crippen MR) is 216 cm³/mol. The molecule has 0 saturated heterocycles. The Hall–Kier alpha value is -4.72. The Balaban J connectivity index is 1.11. The van der Waals surface area contributed by atoms with Crippen LogP contribution in [-0.4, -0.2) is 52.3 Å². The van der Waals surface area contributed by atoms with Gasteiger partial charge in [-0.1, -0.05) is 105 Å². The number of fused-ring (bicyclic) bond motifs is 2. The molecule has 8 atom stereocenters. The van der Waals surface area contributed by atoms with Gasteiger partial charge in [-0.2, -0.15) is 0 Å². The van der Waals surface area contributed by atoms with Crippen LogP contribution in [0.2, 0.25) is 0 Å². The number of nitrogens with zero attached hydrogens (tertiary/aromatic N) is 1. The number of rotatable bonds is 8. The molecule has 8 unspecified atom stereocenters. The van der Waals surface area contributed by atoms with Crippen molar-refractivity contribution in [2.24, 2.45) is 33.5 Å². The minimum absolute atomic E-state index is 0.0232. The molecule has 3 N–H and O–H groups in total. The average molecular weight is 737 g/mol. The third kappa shape index (κ3) is 5.29. The van der Waals surface area contributed by atoms with Gasteiger partial charge in [-0.05, 0) is 103 Å². The minimum Gasteiger partial charge on any atom is -0.497 e. The maximum absolute atomic E-state index is 14.8. The Morgan fingerprint density at radius 3 is 2.29 bits per heavy atom. The molecule has 0 heterocycles. The Morgan fingerprint density at radius 1 is 0.818 bits per heavy atom. The van der Waals surface area contributed by atoms with Crippen molar-refractivity contribution in [3.05, 3.63) is 132 Å². The van der Waals surface area contributed by atoms with Crippen molar-refractivity contribution in [3.63, 3.8) is 0 Å². The Bertz CT molecular complexity index is 2210. The predicted octanol–water partition coefficient (Wildman–Crippen LogP) is 9.36. The van der Waals surface area contributed by atoms with Gasteiger partial charge in [0.2, 0.25) is 0 Å². The summed E-state index contributed by atoms with van der Waals surface area (Å²) in [6.45, 7) is 5.10. The highest BCUT2D eigenvalue weighted by molar-refractivity contribution is 6.10. The molecule has 0 aliphatic heterocycles. The van der Waals surface area contributed by atoms with Crippen LogP contribution in [0, 0.1) is 33.5 Å². The molecule has 3 fully saturated rings. The summed E-state index contributed by atoms with van der Waals surface area (Å²) in [5, 5.41) is 29.6. The minimum atomic E-state index is -1.22. The van der Waals surface area contributed by atoms with E-state index in [-0.39, 0.29) is 35.6 Å². The number of amides is 2. The number of urea groups is 1. The van der Waals surface area contributed by atoms with E-state index < -0.39 is 27.9 Å². The molecule has 10 rings (SSSR count). The number of Topliss-reactive ketones (excluding diaryl/α,β-unsaturated/α-hetero) is 1. The fourth-order valence-electron chi connectivity index (χ4n) is 12.4. The van der Waals surface area contributed by atoms with Gasteiger partial charge in [0.15, 0.2) is 5.78 Å². The third-order valence-corrected chi connectivity index (χ3v) is 15.3. The first-order valence-corrected chi connectivity index (χ1v) is 20.1. The summed E-state index contributed by atoms with van der Waals surface area (Å²) in [7, 11) is 1.62. The zero-order valence-electron chi connectivity index (χ0n) is 32.1. The zero-order chi connectivity index (χ0) is 38.2. The number of carbonyl (C=O) groups excluding carboxylic acids is 2. The van der Waals surface area contributed by atoms with Gasteiger partial charge in [0.25, 0.3) is 0 Å². The molecule has 0 radical (unpaired) electrons. The number of methoxy groups -OCH3 is 1. The molecule has 2 spiro atoms. The summed E-state index contributed by atoms with van der Waals surface area (Å²) in [6.07, 6.45) is 11.7. The SMILES string of the molecule is COc1ccc(NC(=O)N(Cc2cccc3ccccc23)CC2(O)CCC3C45C=CC6(C=C4C(=O)c4ccccc4)CC(O)CCC6(C)C5CCC32C)cc1. The van der Waals surface area contributed by atoms with Crippen molar-refractivity contribution in [2.75, 3.05) is 19.0 Å². The van der Waals surface area contributed by atoms with Crippen LogP contribution in [0.3, 0.4) is 0 Å². The number of anilines is 1. The lowest BCUT2D eigenvalue weighted by Gasteiger charge is -2.71. The lowest BCUT2D eigenvalue weighted by molar-refractivity contribution is -0.174. The van der Waals surface area contributed by atoms with Crippen LogP contribution in [-0.2, 0) is 6.54 Å². The maximum Gasteiger partial charge on any atom is 0.322 e. The Labute approximate surface area is 324 Å². The normalized spacial score (nSPS) is 34.3. The van der Waals surface area contributed by atoms with Crippen LogP contribution in [0.25, 0.3) is 10.8 Å². The molecule has 55 heavy (non-hydrogen) atoms. The van der Waals surface area contributed by atoms with E-state index in [4.69, 9.17) is 4.74 Å². The lowest BCUT2D eigenvalue weighted by atomic mass is 9.32. The number of ether oxygens (including phenoxy) is 1. The molecule has 7 nitrogen and oxygen atoms in total. The van der Waals surface area contributed by atoms with Crippen molar-refractivity contribution < 1.29 is 24.5 Å². The molecule has 3 saturated carbocycles. The number of allylic oxidation sites excluding steroid dienone is 4. The summed E-state index contributed by atoms with van der Waals surface area (Å²) in [5.74, 6) is 0.919. The van der Waals surface area contributed by atoms with Crippen LogP contribution in [0.15, 0.2) is 121 Å². The monoisotopic (exact) mass is 736 g/mol. The maximum atomic E-state index is 14.8. The third-order valence-electron chi connectivity index (χ3n) is 15.3. The van der Waals surface area contributed by atoms with Crippen molar-refractivity contribution in [3.8, 4) is 5.75 Å². The first kappa shape index (κ1) is 35.9. The number of benzene rings is 4. The largest absolute Gasteiger partial charge is 0.497 e. The average Bonchev–Trinajstić information content (AvgIpc) is 3.47. The number of aliphatic hydroxyl groups excluding tert-OH is 1. The standard InChI is InChI=1S/C48H52N2O5/c1-44-23-20-36(51)28-46(44)26-27-48(39(29-46)42(52)33-11-5-4-6-12-33)40(44)21-24-45(2)41(48)22-25-47(45,54)31-50(43(53)49-35-16-18-37(55-3)19-17-35)30-34-14-9-13-32-10-7-8-15-38(32)34/h4-19,26-27,29,36,40-41,51,54H,20-25,28,30-31H2,1-3H3,(H,49,53). The van der Waals surface area contributed by atoms with E-state index in [2.05, 4.69) is 61.7 Å². The number of nitrogens with one attached hydrogen (secondary N) is 1. The topological polar surface area (TPSA) is 99.1 Å². The molecule has 4 aromatic carbocycles. The van der Waals surface area contributed by atoms with E-state index in [9.17, 15) is 19.8 Å². The van der Waals surface area contributed by atoms with Gasteiger partial charge >= 0.3 is 6.03 Å². The van der Waals surface area contributed by atoms with Crippen LogP contribution < -0.4 is 10.1 Å². The fourth-order valence-corrected chi connectivity index (χ4v) is 12.4. The first-order chi connectivity index (χ1) is 26.5. The Kier molecular flexibility index (Phi) is 8.45. The van der Waals surface area contributed by atoms with Crippen LogP contribution in [0.4, 0.5) is 10.5 Å². The number of aliphatic hydroxyl groups is 2. The highest BCUT2D eigenvalue weighted by Gasteiger charge is 2.74. The van der Waals surface area contributed by atoms with Gasteiger partial charge in [0.05, 0.1) is 25.4 Å². The number of ketones is 1. The fraction of sp³-hybridized carbons (Fsp3) is 0.417. The molecule has 4 aromatic rings. The molecule has 6 aliphatic rings. The van der Waals surface area contributed by atoms with E-state index in [0.717, 1.165) is 54.0 Å². The molecule has 2 bridgehead atoms. The summed E-state index contributed by atoms with van der Waals surface area (Å²) in [6, 6.07) is 31.0. The molecular formula is C48H52N2O5. The van der Waals surface area contributed by atoms with E-state index in [1.54, 1.807) is 12.0 Å². The summed E-state index contributed by atoms with van der Waals surface area (Å²) in [5.41, 5.74) is 0.266. The lowest BCUT2D eigenvalue weighted by Crippen LogP contribution is -2.67. The van der Waals surface area contributed by atoms with E-state index >= 15 is 0 Å². The van der Waals surface area contributed by atoms with Crippen molar-refractivity contribution in [1.82, 2.24) is 4.90 Å².